The fourth-order valence-electron chi connectivity index (χ4n) is 1.67. The van der Waals surface area contributed by atoms with Crippen LogP contribution in [0.3, 0.4) is 0 Å². The van der Waals surface area contributed by atoms with Crippen molar-refractivity contribution in [3.05, 3.63) is 29.3 Å². The summed E-state index contributed by atoms with van der Waals surface area (Å²) in [6, 6.07) is 5.69. The van der Waals surface area contributed by atoms with Gasteiger partial charge in [-0.05, 0) is 30.0 Å². The van der Waals surface area contributed by atoms with Crippen molar-refractivity contribution in [3.8, 4) is 5.75 Å². The Morgan fingerprint density at radius 1 is 1.42 bits per heavy atom. The van der Waals surface area contributed by atoms with Gasteiger partial charge in [0.2, 0.25) is 0 Å². The van der Waals surface area contributed by atoms with Gasteiger partial charge in [0.05, 0.1) is 0 Å². The lowest BCUT2D eigenvalue weighted by molar-refractivity contribution is 0.469. The second kappa shape index (κ2) is 3.33. The molecule has 1 aliphatic carbocycles. The molecule has 0 amide bonds. The SMILES string of the molecule is Cl.N[C@H]1CCc2c(O)cccc21. The Morgan fingerprint density at radius 3 is 2.83 bits per heavy atom. The summed E-state index contributed by atoms with van der Waals surface area (Å²) >= 11 is 0. The molecule has 0 spiro atoms. The standard InChI is InChI=1S/C9H11NO.ClH/c10-8-5-4-7-6(8)2-1-3-9(7)11;/h1-3,8,11H,4-5,10H2;1H/t8-;/m0./s1. The predicted octanol–water partition coefficient (Wildman–Crippen LogP) is 1.76. The molecule has 0 fully saturated rings. The van der Waals surface area contributed by atoms with Crippen molar-refractivity contribution in [2.45, 2.75) is 18.9 Å². The van der Waals surface area contributed by atoms with Gasteiger partial charge in [0.15, 0.2) is 0 Å². The summed E-state index contributed by atoms with van der Waals surface area (Å²) in [6.07, 6.45) is 1.88. The number of nitrogens with two attached hydrogens (primary N) is 1. The Hall–Kier alpha value is -0.730. The Balaban J connectivity index is 0.000000720. The van der Waals surface area contributed by atoms with Crippen LogP contribution in [0.1, 0.15) is 23.6 Å². The van der Waals surface area contributed by atoms with Crippen LogP contribution in [0, 0.1) is 0 Å². The average Bonchev–Trinajstić information content (AvgIpc) is 2.35. The van der Waals surface area contributed by atoms with E-state index in [0.29, 0.717) is 5.75 Å². The van der Waals surface area contributed by atoms with Crippen LogP contribution in [-0.2, 0) is 6.42 Å². The molecule has 1 aromatic carbocycles. The van der Waals surface area contributed by atoms with Crippen molar-refractivity contribution in [2.24, 2.45) is 5.73 Å². The summed E-state index contributed by atoms with van der Waals surface area (Å²) in [5, 5.41) is 9.39. The number of phenolic OH excluding ortho intramolecular Hbond substituents is 1. The van der Waals surface area contributed by atoms with Crippen LogP contribution >= 0.6 is 12.4 Å². The molecule has 0 heterocycles. The third-order valence-electron chi connectivity index (χ3n) is 2.29. The lowest BCUT2D eigenvalue weighted by Gasteiger charge is -2.04. The van der Waals surface area contributed by atoms with E-state index >= 15 is 0 Å². The molecule has 66 valence electrons. The number of halogens is 1. The fourth-order valence-corrected chi connectivity index (χ4v) is 1.67. The summed E-state index contributed by atoms with van der Waals surface area (Å²) in [5.41, 5.74) is 7.96. The first-order valence-corrected chi connectivity index (χ1v) is 3.85. The van der Waals surface area contributed by atoms with E-state index in [1.165, 1.54) is 0 Å². The second-order valence-electron chi connectivity index (χ2n) is 2.99. The van der Waals surface area contributed by atoms with E-state index < -0.39 is 0 Å². The van der Waals surface area contributed by atoms with Crippen LogP contribution < -0.4 is 5.73 Å². The highest BCUT2D eigenvalue weighted by Gasteiger charge is 2.20. The van der Waals surface area contributed by atoms with Crippen molar-refractivity contribution in [1.82, 2.24) is 0 Å². The third kappa shape index (κ3) is 1.28. The number of phenols is 1. The topological polar surface area (TPSA) is 46.2 Å². The zero-order valence-electron chi connectivity index (χ0n) is 6.66. The van der Waals surface area contributed by atoms with Gasteiger partial charge in [-0.25, -0.2) is 0 Å². The minimum absolute atomic E-state index is 0. The van der Waals surface area contributed by atoms with Crippen LogP contribution in [0.5, 0.6) is 5.75 Å². The summed E-state index contributed by atoms with van der Waals surface area (Å²) < 4.78 is 0. The Bertz CT molecular complexity index is 288. The van der Waals surface area contributed by atoms with Crippen LogP contribution in [0.15, 0.2) is 18.2 Å². The van der Waals surface area contributed by atoms with Crippen molar-refractivity contribution < 1.29 is 5.11 Å². The first-order valence-electron chi connectivity index (χ1n) is 3.85. The third-order valence-corrected chi connectivity index (χ3v) is 2.29. The van der Waals surface area contributed by atoms with E-state index in [-0.39, 0.29) is 18.4 Å². The number of rotatable bonds is 0. The first kappa shape index (κ1) is 9.36. The molecule has 0 aromatic heterocycles. The molecule has 12 heavy (non-hydrogen) atoms. The Morgan fingerprint density at radius 2 is 2.17 bits per heavy atom. The lowest BCUT2D eigenvalue weighted by Crippen LogP contribution is -2.04. The molecule has 0 unspecified atom stereocenters. The molecule has 2 nitrogen and oxygen atoms in total. The molecule has 1 atom stereocenters. The normalized spacial score (nSPS) is 19.9. The zero-order valence-corrected chi connectivity index (χ0v) is 7.47. The Kier molecular flexibility index (Phi) is 2.60. The Labute approximate surface area is 77.8 Å². The molecular formula is C9H12ClNO. The molecule has 0 radical (unpaired) electrons. The molecule has 0 bridgehead atoms. The largest absolute Gasteiger partial charge is 0.508 e. The van der Waals surface area contributed by atoms with Crippen LogP contribution in [-0.4, -0.2) is 5.11 Å². The van der Waals surface area contributed by atoms with Gasteiger partial charge in [-0.1, -0.05) is 12.1 Å². The molecule has 1 aliphatic rings. The summed E-state index contributed by atoms with van der Waals surface area (Å²) in [7, 11) is 0. The molecule has 2 rings (SSSR count). The van der Waals surface area contributed by atoms with E-state index in [1.807, 2.05) is 12.1 Å². The highest BCUT2D eigenvalue weighted by Crippen LogP contribution is 2.34. The van der Waals surface area contributed by atoms with Gasteiger partial charge in [0.25, 0.3) is 0 Å². The molecule has 0 saturated heterocycles. The number of benzene rings is 1. The van der Waals surface area contributed by atoms with Gasteiger partial charge >= 0.3 is 0 Å². The molecular weight excluding hydrogens is 174 g/mol. The van der Waals surface area contributed by atoms with Gasteiger partial charge in [-0.15, -0.1) is 12.4 Å². The molecule has 0 saturated carbocycles. The van der Waals surface area contributed by atoms with E-state index in [1.54, 1.807) is 6.07 Å². The van der Waals surface area contributed by atoms with E-state index in [9.17, 15) is 5.11 Å². The highest BCUT2D eigenvalue weighted by molar-refractivity contribution is 5.85. The molecule has 3 N–H and O–H groups in total. The predicted molar refractivity (Wildman–Crippen MR) is 50.6 cm³/mol. The maximum absolute atomic E-state index is 9.39. The van der Waals surface area contributed by atoms with Crippen molar-refractivity contribution >= 4 is 12.4 Å². The van der Waals surface area contributed by atoms with E-state index in [4.69, 9.17) is 5.73 Å². The minimum atomic E-state index is 0. The summed E-state index contributed by atoms with van der Waals surface area (Å²) in [6.45, 7) is 0. The van der Waals surface area contributed by atoms with Gasteiger partial charge < -0.3 is 10.8 Å². The van der Waals surface area contributed by atoms with Crippen LogP contribution in [0.25, 0.3) is 0 Å². The minimum Gasteiger partial charge on any atom is -0.508 e. The summed E-state index contributed by atoms with van der Waals surface area (Å²) in [4.78, 5) is 0. The maximum Gasteiger partial charge on any atom is 0.119 e. The highest BCUT2D eigenvalue weighted by atomic mass is 35.5. The van der Waals surface area contributed by atoms with Crippen molar-refractivity contribution in [1.29, 1.82) is 0 Å². The van der Waals surface area contributed by atoms with Gasteiger partial charge in [0.1, 0.15) is 5.75 Å². The number of aromatic hydroxyl groups is 1. The number of hydrogen-bond donors (Lipinski definition) is 2. The number of hydrogen-bond acceptors (Lipinski definition) is 2. The van der Waals surface area contributed by atoms with Crippen LogP contribution in [0.2, 0.25) is 0 Å². The molecule has 3 heteroatoms. The fraction of sp³-hybridized carbons (Fsp3) is 0.333. The van der Waals surface area contributed by atoms with Crippen molar-refractivity contribution in [3.63, 3.8) is 0 Å². The van der Waals surface area contributed by atoms with E-state index in [2.05, 4.69) is 0 Å². The van der Waals surface area contributed by atoms with Crippen LogP contribution in [0.4, 0.5) is 0 Å². The summed E-state index contributed by atoms with van der Waals surface area (Å²) in [5.74, 6) is 0.399. The molecule has 0 aliphatic heterocycles. The van der Waals surface area contributed by atoms with Gasteiger partial charge in [0, 0.05) is 6.04 Å². The average molecular weight is 186 g/mol. The lowest BCUT2D eigenvalue weighted by atomic mass is 10.1. The smallest absolute Gasteiger partial charge is 0.119 e. The number of fused-ring (bicyclic) bond motifs is 1. The van der Waals surface area contributed by atoms with Crippen molar-refractivity contribution in [2.75, 3.05) is 0 Å². The van der Waals surface area contributed by atoms with Gasteiger partial charge in [-0.2, -0.15) is 0 Å². The first-order chi connectivity index (χ1) is 5.29. The quantitative estimate of drug-likeness (QED) is 0.647. The molecule has 1 aromatic rings. The second-order valence-corrected chi connectivity index (χ2v) is 2.99. The van der Waals surface area contributed by atoms with Gasteiger partial charge in [-0.3, -0.25) is 0 Å². The monoisotopic (exact) mass is 185 g/mol. The maximum atomic E-state index is 9.39. The zero-order chi connectivity index (χ0) is 7.84. The van der Waals surface area contributed by atoms with E-state index in [0.717, 1.165) is 24.0 Å².